The maximum atomic E-state index is 13.6. The number of amides is 5. The van der Waals surface area contributed by atoms with E-state index in [4.69, 9.17) is 89.6 Å². The van der Waals surface area contributed by atoms with E-state index in [0.717, 1.165) is 124 Å². The van der Waals surface area contributed by atoms with Crippen molar-refractivity contribution in [2.75, 3.05) is 66.0 Å². The lowest BCUT2D eigenvalue weighted by Crippen LogP contribution is -2.45. The lowest BCUT2D eigenvalue weighted by molar-refractivity contribution is -0.128. The molecule has 0 unspecified atom stereocenters. The van der Waals surface area contributed by atoms with Gasteiger partial charge in [-0.1, -0.05) is 125 Å². The summed E-state index contributed by atoms with van der Waals surface area (Å²) in [5, 5.41) is 25.9. The molecule has 0 atom stereocenters. The molecule has 5 amide bonds. The number of methoxy groups -OCH3 is 1. The number of aromatic nitrogens is 6. The van der Waals surface area contributed by atoms with Crippen LogP contribution in [0.2, 0.25) is 30.1 Å². The predicted octanol–water partition coefficient (Wildman–Crippen LogP) is 16.0. The number of carbonyl (C=O) groups excluding carboxylic acids is 5. The van der Waals surface area contributed by atoms with Gasteiger partial charge in [-0.2, -0.15) is 15.3 Å². The molecule has 0 saturated carbocycles. The number of benzene rings is 6. The van der Waals surface area contributed by atoms with Gasteiger partial charge < -0.3 is 15.0 Å². The molecule has 21 nitrogen and oxygen atoms in total. The Morgan fingerprint density at radius 1 is 0.413 bits per heavy atom. The minimum absolute atomic E-state index is 0.108. The van der Waals surface area contributed by atoms with E-state index in [1.807, 2.05) is 33.3 Å². The highest BCUT2D eigenvalue weighted by Crippen LogP contribution is 2.40. The summed E-state index contributed by atoms with van der Waals surface area (Å²) in [5.41, 5.74) is 20.2. The van der Waals surface area contributed by atoms with Gasteiger partial charge in [-0.15, -0.1) is 0 Å². The van der Waals surface area contributed by atoms with E-state index in [1.54, 1.807) is 110 Å². The third-order valence-corrected chi connectivity index (χ3v) is 20.9. The number of ether oxygens (including phenoxy) is 1. The lowest BCUT2D eigenvalue weighted by atomic mass is 9.97. The quantitative estimate of drug-likeness (QED) is 0.0897. The Labute approximate surface area is 657 Å². The summed E-state index contributed by atoms with van der Waals surface area (Å²) < 4.78 is 50.6. The number of hydrazine groups is 3. The van der Waals surface area contributed by atoms with Gasteiger partial charge in [-0.25, -0.2) is 47.0 Å². The van der Waals surface area contributed by atoms with E-state index >= 15 is 0 Å². The molecular weight excluding hydrogens is 1520 g/mol. The highest BCUT2D eigenvalue weighted by molar-refractivity contribution is 6.37. The van der Waals surface area contributed by atoms with Crippen LogP contribution < -0.4 is 21.6 Å². The highest BCUT2D eigenvalue weighted by Gasteiger charge is 2.38. The average molecular weight is 1600 g/mol. The van der Waals surface area contributed by atoms with Crippen LogP contribution in [-0.4, -0.2) is 150 Å². The summed E-state index contributed by atoms with van der Waals surface area (Å²) in [6.45, 7) is 8.05. The van der Waals surface area contributed by atoms with Gasteiger partial charge in [0.15, 0.2) is 17.1 Å². The fourth-order valence-electron chi connectivity index (χ4n) is 14.0. The Balaban J connectivity index is 0.000000144. The SMILES string of the molecule is CC(=O)N1C/C(=C\c2ccc(F)cc2)c2c(c(C(=O)NN3CCCCC3)nn2-c2ccc(Cl)cc2Cl)C1.COC(=O)N1C/C(=C\c2ccc(F)cc2)c2c(c(C(=O)NN3CCCCC3)nn2-c2ccc(Cl)cc2Cl)C1.O=C(NN1CCCCC1)c1nn(-c2ccc(Cl)cc2Cl)c2c1CNC/C2=C\c1ccc(F)cc1. The van der Waals surface area contributed by atoms with Crippen molar-refractivity contribution in [2.45, 2.75) is 84.3 Å². The van der Waals surface area contributed by atoms with Crippen molar-refractivity contribution in [2.24, 2.45) is 0 Å². The number of fused-ring (bicyclic) bond motifs is 3. The number of nitrogens with zero attached hydrogens (tertiary/aromatic N) is 11. The molecule has 9 aromatic rings. The maximum Gasteiger partial charge on any atom is 0.410 e. The molecule has 6 aliphatic rings. The van der Waals surface area contributed by atoms with Crippen molar-refractivity contribution in [3.8, 4) is 17.1 Å². The number of carbonyl (C=O) groups is 5. The topological polar surface area (TPSA) is 212 Å². The molecule has 6 aliphatic heterocycles. The monoisotopic (exact) mass is 1600 g/mol. The van der Waals surface area contributed by atoms with Crippen LogP contribution in [0, 0.1) is 17.5 Å². The van der Waals surface area contributed by atoms with Crippen molar-refractivity contribution in [3.63, 3.8) is 0 Å². The van der Waals surface area contributed by atoms with Crippen LogP contribution in [0.5, 0.6) is 0 Å². The Morgan fingerprint density at radius 2 is 0.734 bits per heavy atom. The van der Waals surface area contributed by atoms with Crippen LogP contribution in [0.15, 0.2) is 127 Å². The Morgan fingerprint density at radius 3 is 1.07 bits per heavy atom. The largest absolute Gasteiger partial charge is 0.453 e. The van der Waals surface area contributed by atoms with Crippen LogP contribution in [-0.2, 0) is 29.2 Å². The third-order valence-electron chi connectivity index (χ3n) is 19.3. The number of rotatable bonds is 12. The van der Waals surface area contributed by atoms with Gasteiger partial charge in [0.25, 0.3) is 17.7 Å². The van der Waals surface area contributed by atoms with Gasteiger partial charge in [0, 0.05) is 97.6 Å². The molecule has 15 rings (SSSR count). The molecule has 30 heteroatoms. The Kier molecular flexibility index (Phi) is 25.1. The van der Waals surface area contributed by atoms with E-state index in [0.29, 0.717) is 106 Å². The molecule has 3 aromatic heterocycles. The molecule has 566 valence electrons. The number of hydrogen-bond donors (Lipinski definition) is 4. The van der Waals surface area contributed by atoms with Crippen LogP contribution in [0.4, 0.5) is 18.0 Å². The smallest absolute Gasteiger partial charge is 0.410 e. The molecule has 4 N–H and O–H groups in total. The van der Waals surface area contributed by atoms with Crippen LogP contribution >= 0.6 is 69.6 Å². The van der Waals surface area contributed by atoms with Crippen molar-refractivity contribution in [3.05, 3.63) is 243 Å². The second-order valence-electron chi connectivity index (χ2n) is 27.0. The minimum Gasteiger partial charge on any atom is -0.453 e. The number of piperidine rings is 3. The number of halogens is 9. The second kappa shape index (κ2) is 35.2. The van der Waals surface area contributed by atoms with Gasteiger partial charge in [0.1, 0.15) is 17.5 Å². The van der Waals surface area contributed by atoms with E-state index in [-0.39, 0.29) is 72.1 Å². The van der Waals surface area contributed by atoms with E-state index in [9.17, 15) is 37.1 Å². The summed E-state index contributed by atoms with van der Waals surface area (Å²) in [4.78, 5) is 68.6. The molecule has 3 fully saturated rings. The molecular formula is C79H76Cl6F3N15O6. The van der Waals surface area contributed by atoms with Gasteiger partial charge in [-0.3, -0.25) is 40.4 Å². The zero-order valence-electron chi connectivity index (χ0n) is 59.5. The van der Waals surface area contributed by atoms with E-state index < -0.39 is 6.09 Å². The lowest BCUT2D eigenvalue weighted by Gasteiger charge is -2.30. The van der Waals surface area contributed by atoms with Crippen LogP contribution in [0.1, 0.15) is 147 Å². The summed E-state index contributed by atoms with van der Waals surface area (Å²) in [6.07, 6.45) is 14.7. The van der Waals surface area contributed by atoms with E-state index in [2.05, 4.69) is 21.6 Å². The van der Waals surface area contributed by atoms with Crippen molar-refractivity contribution < 1.29 is 41.9 Å². The predicted molar refractivity (Wildman–Crippen MR) is 418 cm³/mol. The second-order valence-corrected chi connectivity index (χ2v) is 29.5. The molecule has 0 aliphatic carbocycles. The summed E-state index contributed by atoms with van der Waals surface area (Å²) in [7, 11) is 1.31. The molecule has 0 spiro atoms. The average Bonchev–Trinajstić information content (AvgIpc) is 1.62. The molecule has 0 radical (unpaired) electrons. The van der Waals surface area contributed by atoms with Gasteiger partial charge >= 0.3 is 6.09 Å². The van der Waals surface area contributed by atoms with Gasteiger partial charge in [-0.05, 0) is 181 Å². The summed E-state index contributed by atoms with van der Waals surface area (Å²) >= 11 is 38.1. The normalized spacial score (nSPS) is 17.1. The Hall–Kier alpha value is -9.31. The number of hydrogen-bond acceptors (Lipinski definition) is 13. The fourth-order valence-corrected chi connectivity index (χ4v) is 15.5. The van der Waals surface area contributed by atoms with Gasteiger partial charge in [0.2, 0.25) is 5.91 Å². The first-order valence-electron chi connectivity index (χ1n) is 35.7. The first-order valence-corrected chi connectivity index (χ1v) is 38.0. The summed E-state index contributed by atoms with van der Waals surface area (Å²) in [6, 6.07) is 33.7. The van der Waals surface area contributed by atoms with Crippen LogP contribution in [0.3, 0.4) is 0 Å². The summed E-state index contributed by atoms with van der Waals surface area (Å²) in [5.74, 6) is -2.08. The van der Waals surface area contributed by atoms with Crippen molar-refractivity contribution in [1.29, 1.82) is 0 Å². The molecule has 9 heterocycles. The first-order chi connectivity index (χ1) is 52.6. The minimum atomic E-state index is -0.541. The number of nitrogens with one attached hydrogen (secondary N) is 4. The van der Waals surface area contributed by atoms with Gasteiger partial charge in [0.05, 0.1) is 76.0 Å². The molecule has 6 aromatic carbocycles. The molecule has 3 saturated heterocycles. The fraction of sp³-hybridized carbons (Fsp3) is 0.291. The molecule has 109 heavy (non-hydrogen) atoms. The van der Waals surface area contributed by atoms with Crippen molar-refractivity contribution in [1.82, 2.24) is 75.8 Å². The highest BCUT2D eigenvalue weighted by atomic mass is 35.5. The molecule has 0 bridgehead atoms. The van der Waals surface area contributed by atoms with Crippen molar-refractivity contribution >= 4 is 134 Å². The first kappa shape index (κ1) is 77.8. The maximum absolute atomic E-state index is 13.6. The Bertz CT molecular complexity index is 5010. The zero-order valence-corrected chi connectivity index (χ0v) is 64.0. The standard InChI is InChI=1S/C27H26Cl2FN5O3.C27H26Cl2FN5O2.C25H24Cl2FN5O/c1-38-27(37)33-15-18(13-17-5-8-20(30)9-6-17)25-21(16-33)24(26(36)32-34-11-3-2-4-12-34)31-35(25)23-10-7-19(28)14-22(23)29;1-17(36)33-15-19(13-18-5-8-21(30)9-6-18)26-22(16-33)25(27(37)32-34-11-3-2-4-12-34)31-35(26)24-10-7-20(28)14-23(24)29;26-18-6-9-22(21(27)13-18)33-24-17(12-16-4-7-19(28)8-5-16)14-29-15-20(24)23(30-33)25(34)31-32-10-2-1-3-11-32/h5-10,13-14H,2-4,11-12,15-16H2,1H3,(H,32,36);5-10,13-14H,2-4,11-12,15-16H2,1H3,(H,32,37);4-9,12-13,29H,1-3,10-11,14-15H2,(H,31,34)/b18-13+;19-13+;17-12+. The zero-order chi connectivity index (χ0) is 76.6. The third kappa shape index (κ3) is 18.4. The van der Waals surface area contributed by atoms with E-state index in [1.165, 1.54) is 61.8 Å². The van der Waals surface area contributed by atoms with Crippen LogP contribution in [0.25, 0.3) is 52.0 Å².